The summed E-state index contributed by atoms with van der Waals surface area (Å²) in [5.74, 6) is 0.244. The molecule has 2 rings (SSSR count). The Labute approximate surface area is 97.3 Å². The van der Waals surface area contributed by atoms with Gasteiger partial charge in [-0.1, -0.05) is 24.3 Å². The summed E-state index contributed by atoms with van der Waals surface area (Å²) in [5.41, 5.74) is 2.52. The molecule has 2 nitrogen and oxygen atoms in total. The molecule has 86 valence electrons. The van der Waals surface area contributed by atoms with Gasteiger partial charge in [0.1, 0.15) is 5.78 Å². The number of hydrogen-bond donors (Lipinski definition) is 0. The van der Waals surface area contributed by atoms with Gasteiger partial charge in [-0.05, 0) is 44.0 Å². The van der Waals surface area contributed by atoms with Gasteiger partial charge in [0.15, 0.2) is 0 Å². The second kappa shape index (κ2) is 5.26. The highest BCUT2D eigenvalue weighted by Crippen LogP contribution is 2.16. The van der Waals surface area contributed by atoms with Crippen molar-refractivity contribution in [2.24, 2.45) is 0 Å². The number of Topliss-reactive ketones (excluding diaryl/α,β-unsaturated/α-hetero) is 1. The van der Waals surface area contributed by atoms with E-state index in [0.717, 1.165) is 6.54 Å². The number of likely N-dealkylation sites (tertiary alicyclic amines) is 1. The molecule has 0 amide bonds. The molecular weight excluding hydrogens is 198 g/mol. The molecule has 0 bridgehead atoms. The number of carbonyl (C=O) groups excluding carboxylic acids is 1. The van der Waals surface area contributed by atoms with E-state index in [4.69, 9.17) is 0 Å². The summed E-state index contributed by atoms with van der Waals surface area (Å²) in [7, 11) is 0. The highest BCUT2D eigenvalue weighted by atomic mass is 16.1. The molecule has 1 fully saturated rings. The lowest BCUT2D eigenvalue weighted by Crippen LogP contribution is -2.19. The van der Waals surface area contributed by atoms with Gasteiger partial charge >= 0.3 is 0 Å². The highest BCUT2D eigenvalue weighted by molar-refractivity contribution is 5.78. The van der Waals surface area contributed by atoms with Crippen LogP contribution in [0.5, 0.6) is 0 Å². The predicted molar refractivity (Wildman–Crippen MR) is 65.3 cm³/mol. The maximum Gasteiger partial charge on any atom is 0.134 e. The van der Waals surface area contributed by atoms with Gasteiger partial charge < -0.3 is 0 Å². The zero-order valence-corrected chi connectivity index (χ0v) is 9.91. The lowest BCUT2D eigenvalue weighted by atomic mass is 10.0. The average molecular weight is 217 g/mol. The Kier molecular flexibility index (Phi) is 3.73. The van der Waals surface area contributed by atoms with E-state index >= 15 is 0 Å². The molecular formula is C14H19NO. The normalized spacial score (nSPS) is 16.6. The van der Waals surface area contributed by atoms with E-state index < -0.39 is 0 Å². The summed E-state index contributed by atoms with van der Waals surface area (Å²) < 4.78 is 0. The third-order valence-electron chi connectivity index (χ3n) is 3.15. The first-order chi connectivity index (χ1) is 7.75. The second-order valence-electron chi connectivity index (χ2n) is 4.63. The number of carbonyl (C=O) groups is 1. The fourth-order valence-electron chi connectivity index (χ4n) is 2.33. The van der Waals surface area contributed by atoms with E-state index in [-0.39, 0.29) is 5.78 Å². The Morgan fingerprint density at radius 1 is 1.19 bits per heavy atom. The van der Waals surface area contributed by atoms with Crippen molar-refractivity contribution in [3.63, 3.8) is 0 Å². The maximum absolute atomic E-state index is 11.2. The molecule has 0 spiro atoms. The van der Waals surface area contributed by atoms with Crippen LogP contribution in [0, 0.1) is 0 Å². The number of rotatable bonds is 4. The number of ketones is 1. The fourth-order valence-corrected chi connectivity index (χ4v) is 2.33. The van der Waals surface area contributed by atoms with Crippen molar-refractivity contribution < 1.29 is 4.79 Å². The van der Waals surface area contributed by atoms with Crippen LogP contribution in [0.1, 0.15) is 30.9 Å². The topological polar surface area (TPSA) is 20.3 Å². The molecule has 0 radical (unpaired) electrons. The largest absolute Gasteiger partial charge is 0.300 e. The number of hydrogen-bond acceptors (Lipinski definition) is 2. The Bertz CT molecular complexity index is 367. The molecule has 0 aliphatic carbocycles. The third-order valence-corrected chi connectivity index (χ3v) is 3.15. The summed E-state index contributed by atoms with van der Waals surface area (Å²) in [4.78, 5) is 13.7. The lowest BCUT2D eigenvalue weighted by Gasteiger charge is -2.17. The summed E-state index contributed by atoms with van der Waals surface area (Å²) in [5, 5.41) is 0. The van der Waals surface area contributed by atoms with Crippen LogP contribution in [0.4, 0.5) is 0 Å². The molecule has 1 heterocycles. The Morgan fingerprint density at radius 3 is 2.44 bits per heavy atom. The average Bonchev–Trinajstić information content (AvgIpc) is 2.73. The first-order valence-electron chi connectivity index (χ1n) is 6.04. The molecule has 1 aliphatic rings. The summed E-state index contributed by atoms with van der Waals surface area (Å²) in [6.45, 7) is 5.07. The number of benzene rings is 1. The van der Waals surface area contributed by atoms with Crippen LogP contribution in [-0.4, -0.2) is 23.8 Å². The molecule has 0 saturated carbocycles. The minimum absolute atomic E-state index is 0.244. The summed E-state index contributed by atoms with van der Waals surface area (Å²) in [6.07, 6.45) is 3.20. The molecule has 2 heteroatoms. The molecule has 1 aromatic rings. The number of nitrogens with zero attached hydrogens (tertiary/aromatic N) is 1. The van der Waals surface area contributed by atoms with Gasteiger partial charge in [-0.3, -0.25) is 9.69 Å². The van der Waals surface area contributed by atoms with Crippen LogP contribution in [0.2, 0.25) is 0 Å². The minimum Gasteiger partial charge on any atom is -0.300 e. The standard InChI is InChI=1S/C14H19NO/c1-12(16)10-13-6-2-3-7-14(13)11-15-8-4-5-9-15/h2-3,6-7H,4-5,8-11H2,1H3. The van der Waals surface area contributed by atoms with Crippen molar-refractivity contribution in [3.8, 4) is 0 Å². The van der Waals surface area contributed by atoms with Crippen molar-refractivity contribution in [2.45, 2.75) is 32.7 Å². The lowest BCUT2D eigenvalue weighted by molar-refractivity contribution is -0.116. The molecule has 16 heavy (non-hydrogen) atoms. The van der Waals surface area contributed by atoms with Crippen molar-refractivity contribution in [2.75, 3.05) is 13.1 Å². The van der Waals surface area contributed by atoms with E-state index in [1.807, 2.05) is 6.07 Å². The first-order valence-corrected chi connectivity index (χ1v) is 6.04. The molecule has 1 saturated heterocycles. The SMILES string of the molecule is CC(=O)Cc1ccccc1CN1CCCC1. The third kappa shape index (κ3) is 2.92. The molecule has 0 aromatic heterocycles. The van der Waals surface area contributed by atoms with E-state index in [2.05, 4.69) is 23.1 Å². The van der Waals surface area contributed by atoms with Gasteiger partial charge in [-0.15, -0.1) is 0 Å². The van der Waals surface area contributed by atoms with E-state index in [1.165, 1.54) is 37.1 Å². The van der Waals surface area contributed by atoms with Crippen molar-refractivity contribution in [3.05, 3.63) is 35.4 Å². The maximum atomic E-state index is 11.2. The van der Waals surface area contributed by atoms with Crippen LogP contribution in [0.3, 0.4) is 0 Å². The van der Waals surface area contributed by atoms with Crippen LogP contribution in [-0.2, 0) is 17.8 Å². The fraction of sp³-hybridized carbons (Fsp3) is 0.500. The summed E-state index contributed by atoms with van der Waals surface area (Å²) in [6, 6.07) is 8.31. The Hall–Kier alpha value is -1.15. The van der Waals surface area contributed by atoms with Crippen molar-refractivity contribution in [1.29, 1.82) is 0 Å². The van der Waals surface area contributed by atoms with Gasteiger partial charge in [0.25, 0.3) is 0 Å². The van der Waals surface area contributed by atoms with Crippen molar-refractivity contribution in [1.82, 2.24) is 4.90 Å². The van der Waals surface area contributed by atoms with Gasteiger partial charge in [0, 0.05) is 13.0 Å². The van der Waals surface area contributed by atoms with E-state index in [1.54, 1.807) is 6.92 Å². The predicted octanol–water partition coefficient (Wildman–Crippen LogP) is 2.41. The van der Waals surface area contributed by atoms with E-state index in [9.17, 15) is 4.79 Å². The Morgan fingerprint density at radius 2 is 1.81 bits per heavy atom. The zero-order chi connectivity index (χ0) is 11.4. The van der Waals surface area contributed by atoms with Gasteiger partial charge in [-0.2, -0.15) is 0 Å². The first kappa shape index (κ1) is 11.3. The molecule has 0 unspecified atom stereocenters. The summed E-state index contributed by atoms with van der Waals surface area (Å²) >= 11 is 0. The zero-order valence-electron chi connectivity index (χ0n) is 9.91. The Balaban J connectivity index is 2.09. The van der Waals surface area contributed by atoms with Crippen LogP contribution < -0.4 is 0 Å². The van der Waals surface area contributed by atoms with Crippen molar-refractivity contribution >= 4 is 5.78 Å². The molecule has 0 atom stereocenters. The smallest absolute Gasteiger partial charge is 0.134 e. The van der Waals surface area contributed by atoms with Gasteiger partial charge in [-0.25, -0.2) is 0 Å². The van der Waals surface area contributed by atoms with Crippen LogP contribution >= 0.6 is 0 Å². The van der Waals surface area contributed by atoms with E-state index in [0.29, 0.717) is 6.42 Å². The van der Waals surface area contributed by atoms with Gasteiger partial charge in [0.2, 0.25) is 0 Å². The molecule has 0 N–H and O–H groups in total. The minimum atomic E-state index is 0.244. The van der Waals surface area contributed by atoms with Crippen LogP contribution in [0.15, 0.2) is 24.3 Å². The van der Waals surface area contributed by atoms with Gasteiger partial charge in [0.05, 0.1) is 0 Å². The second-order valence-corrected chi connectivity index (χ2v) is 4.63. The molecule has 1 aromatic carbocycles. The monoisotopic (exact) mass is 217 g/mol. The quantitative estimate of drug-likeness (QED) is 0.772. The van der Waals surface area contributed by atoms with Crippen LogP contribution in [0.25, 0.3) is 0 Å². The molecule has 1 aliphatic heterocycles. The highest BCUT2D eigenvalue weighted by Gasteiger charge is 2.13.